The van der Waals surface area contributed by atoms with Crippen LogP contribution in [0.2, 0.25) is 0 Å². The van der Waals surface area contributed by atoms with Gasteiger partial charge in [-0.05, 0) is 12.8 Å². The first-order chi connectivity index (χ1) is 3.95. The van der Waals surface area contributed by atoms with Crippen molar-refractivity contribution in [2.24, 2.45) is 0 Å². The molecule has 0 saturated carbocycles. The van der Waals surface area contributed by atoms with Crippen molar-refractivity contribution in [3.63, 3.8) is 0 Å². The Morgan fingerprint density at radius 1 is 0.889 bits per heavy atom. The van der Waals surface area contributed by atoms with Gasteiger partial charge in [0.1, 0.15) is 0 Å². The molecule has 3 rings (SSSR count). The van der Waals surface area contributed by atoms with E-state index in [1.807, 2.05) is 0 Å². The van der Waals surface area contributed by atoms with Crippen molar-refractivity contribution in [3.05, 3.63) is 0 Å². The average Bonchev–Trinajstić information content (AvgIpc) is 1.92. The van der Waals surface area contributed by atoms with E-state index >= 15 is 0 Å². The van der Waals surface area contributed by atoms with Crippen LogP contribution < -0.4 is 10.6 Å². The summed E-state index contributed by atoms with van der Waals surface area (Å²) in [6.07, 6.45) is 2.77. The van der Waals surface area contributed by atoms with Gasteiger partial charge in [-0.1, -0.05) is 0 Å². The number of fused-ring (bicyclic) bond motifs is 3. The molecule has 3 heteroatoms. The van der Waals surface area contributed by atoms with Crippen molar-refractivity contribution in [2.75, 3.05) is 13.1 Å². The first-order valence-electron chi connectivity index (χ1n) is 3.42. The summed E-state index contributed by atoms with van der Waals surface area (Å²) in [7, 11) is 0. The molecule has 3 heterocycles. The van der Waals surface area contributed by atoms with Gasteiger partial charge in [-0.3, -0.25) is 0 Å². The number of piperidine rings is 2. The summed E-state index contributed by atoms with van der Waals surface area (Å²) in [4.78, 5) is 0. The van der Waals surface area contributed by atoms with Gasteiger partial charge in [-0.2, -0.15) is 0 Å². The minimum atomic E-state index is 0. The van der Waals surface area contributed by atoms with Crippen LogP contribution in [0.5, 0.6) is 0 Å². The third kappa shape index (κ3) is 1.37. The Morgan fingerprint density at radius 3 is 1.44 bits per heavy atom. The second kappa shape index (κ2) is 2.86. The SMILES string of the molecule is C1CC2CNC1CN2.Cl. The topological polar surface area (TPSA) is 24.1 Å². The first-order valence-corrected chi connectivity index (χ1v) is 3.42. The van der Waals surface area contributed by atoms with Crippen LogP contribution in [0.15, 0.2) is 0 Å². The smallest absolute Gasteiger partial charge is 0.0193 e. The summed E-state index contributed by atoms with van der Waals surface area (Å²) in [6.45, 7) is 2.40. The van der Waals surface area contributed by atoms with Crippen molar-refractivity contribution in [1.82, 2.24) is 10.6 Å². The number of piperazine rings is 1. The lowest BCUT2D eigenvalue weighted by atomic mass is 9.96. The fourth-order valence-electron chi connectivity index (χ4n) is 1.57. The van der Waals surface area contributed by atoms with Crippen molar-refractivity contribution >= 4 is 12.4 Å². The Balaban J connectivity index is 0.000000405. The number of hydrogen-bond acceptors (Lipinski definition) is 2. The Labute approximate surface area is 61.8 Å². The number of halogens is 1. The molecule has 3 fully saturated rings. The van der Waals surface area contributed by atoms with Crippen LogP contribution in [-0.2, 0) is 0 Å². The zero-order valence-corrected chi connectivity index (χ0v) is 6.21. The Kier molecular flexibility index (Phi) is 2.33. The summed E-state index contributed by atoms with van der Waals surface area (Å²) in [5.74, 6) is 0. The molecule has 3 aliphatic heterocycles. The van der Waals surface area contributed by atoms with Gasteiger partial charge in [0.2, 0.25) is 0 Å². The van der Waals surface area contributed by atoms with Gasteiger partial charge in [0.25, 0.3) is 0 Å². The highest BCUT2D eigenvalue weighted by molar-refractivity contribution is 5.85. The molecule has 2 bridgehead atoms. The maximum atomic E-state index is 3.46. The standard InChI is InChI=1S/C6H12N2.ClH/c1-2-6-4-7-5(1)3-8-6;/h5-8H,1-4H2;1H. The molecular weight excluding hydrogens is 136 g/mol. The molecule has 0 radical (unpaired) electrons. The van der Waals surface area contributed by atoms with Crippen LogP contribution in [0.4, 0.5) is 0 Å². The van der Waals surface area contributed by atoms with E-state index in [4.69, 9.17) is 0 Å². The van der Waals surface area contributed by atoms with Crippen LogP contribution in [0.25, 0.3) is 0 Å². The van der Waals surface area contributed by atoms with E-state index in [0.29, 0.717) is 0 Å². The number of nitrogens with one attached hydrogen (secondary N) is 2. The van der Waals surface area contributed by atoms with E-state index in [0.717, 1.165) is 12.1 Å². The van der Waals surface area contributed by atoms with Crippen molar-refractivity contribution in [1.29, 1.82) is 0 Å². The molecule has 0 aromatic heterocycles. The monoisotopic (exact) mass is 148 g/mol. The second-order valence-electron chi connectivity index (χ2n) is 2.79. The van der Waals surface area contributed by atoms with Gasteiger partial charge in [-0.25, -0.2) is 0 Å². The van der Waals surface area contributed by atoms with Crippen LogP contribution in [0.1, 0.15) is 12.8 Å². The number of rotatable bonds is 0. The average molecular weight is 149 g/mol. The molecule has 0 spiro atoms. The van der Waals surface area contributed by atoms with E-state index in [9.17, 15) is 0 Å². The van der Waals surface area contributed by atoms with Crippen LogP contribution >= 0.6 is 12.4 Å². The fraction of sp³-hybridized carbons (Fsp3) is 1.00. The molecule has 0 aromatic carbocycles. The first kappa shape index (κ1) is 7.32. The van der Waals surface area contributed by atoms with E-state index in [-0.39, 0.29) is 12.4 Å². The van der Waals surface area contributed by atoms with Gasteiger partial charge in [0.15, 0.2) is 0 Å². The predicted molar refractivity (Wildman–Crippen MR) is 40.1 cm³/mol. The minimum absolute atomic E-state index is 0. The summed E-state index contributed by atoms with van der Waals surface area (Å²) in [5, 5.41) is 6.91. The second-order valence-corrected chi connectivity index (χ2v) is 2.79. The van der Waals surface area contributed by atoms with Crippen molar-refractivity contribution in [3.8, 4) is 0 Å². The van der Waals surface area contributed by atoms with Crippen LogP contribution in [0, 0.1) is 0 Å². The van der Waals surface area contributed by atoms with E-state index in [1.165, 1.54) is 25.9 Å². The van der Waals surface area contributed by atoms with E-state index in [1.54, 1.807) is 0 Å². The molecule has 2 N–H and O–H groups in total. The van der Waals surface area contributed by atoms with Crippen molar-refractivity contribution in [2.45, 2.75) is 24.9 Å². The Hall–Kier alpha value is 0.210. The van der Waals surface area contributed by atoms with Crippen molar-refractivity contribution < 1.29 is 0 Å². The van der Waals surface area contributed by atoms with Crippen LogP contribution in [-0.4, -0.2) is 25.2 Å². The molecule has 0 aliphatic carbocycles. The van der Waals surface area contributed by atoms with Gasteiger partial charge in [0.05, 0.1) is 0 Å². The lowest BCUT2D eigenvalue weighted by Gasteiger charge is -2.37. The molecule has 3 aliphatic rings. The molecule has 2 atom stereocenters. The summed E-state index contributed by atoms with van der Waals surface area (Å²) in [5.41, 5.74) is 0. The molecule has 2 nitrogen and oxygen atoms in total. The molecule has 9 heavy (non-hydrogen) atoms. The maximum Gasteiger partial charge on any atom is 0.0193 e. The van der Waals surface area contributed by atoms with Gasteiger partial charge >= 0.3 is 0 Å². The highest BCUT2D eigenvalue weighted by Gasteiger charge is 2.25. The highest BCUT2D eigenvalue weighted by atomic mass is 35.5. The largest absolute Gasteiger partial charge is 0.311 e. The van der Waals surface area contributed by atoms with Gasteiger partial charge in [-0.15, -0.1) is 12.4 Å². The lowest BCUT2D eigenvalue weighted by molar-refractivity contribution is 0.251. The number of hydrogen-bond donors (Lipinski definition) is 2. The molecule has 0 aromatic rings. The third-order valence-electron chi connectivity index (χ3n) is 2.17. The maximum absolute atomic E-state index is 3.46. The highest BCUT2D eigenvalue weighted by Crippen LogP contribution is 2.12. The minimum Gasteiger partial charge on any atom is -0.311 e. The molecule has 3 saturated heterocycles. The summed E-state index contributed by atoms with van der Waals surface area (Å²) >= 11 is 0. The Morgan fingerprint density at radius 2 is 1.33 bits per heavy atom. The third-order valence-corrected chi connectivity index (χ3v) is 2.17. The lowest BCUT2D eigenvalue weighted by Crippen LogP contribution is -2.58. The molecular formula is C6H13ClN2. The summed E-state index contributed by atoms with van der Waals surface area (Å²) < 4.78 is 0. The van der Waals surface area contributed by atoms with E-state index < -0.39 is 0 Å². The van der Waals surface area contributed by atoms with E-state index in [2.05, 4.69) is 10.6 Å². The van der Waals surface area contributed by atoms with Gasteiger partial charge in [0, 0.05) is 25.2 Å². The zero-order valence-electron chi connectivity index (χ0n) is 5.39. The van der Waals surface area contributed by atoms with Crippen LogP contribution in [0.3, 0.4) is 0 Å². The normalized spacial score (nSPS) is 40.0. The quantitative estimate of drug-likeness (QED) is 0.511. The Bertz CT molecular complexity index is 66.0. The zero-order chi connectivity index (χ0) is 5.40. The molecule has 0 amide bonds. The predicted octanol–water partition coefficient (Wildman–Crippen LogP) is 0.132. The van der Waals surface area contributed by atoms with Gasteiger partial charge < -0.3 is 10.6 Å². The fourth-order valence-corrected chi connectivity index (χ4v) is 1.57. The summed E-state index contributed by atoms with van der Waals surface area (Å²) in [6, 6.07) is 1.58. The molecule has 54 valence electrons. The molecule has 2 unspecified atom stereocenters.